The van der Waals surface area contributed by atoms with Gasteiger partial charge >= 0.3 is 0 Å². The maximum Gasteiger partial charge on any atom is 0.293 e. The molecule has 0 spiro atoms. The zero-order valence-electron chi connectivity index (χ0n) is 14.5. The first kappa shape index (κ1) is 20.6. The number of sulfonamides is 2. The molecule has 0 amide bonds. The molecular formula is C14H22N4O6S2. The van der Waals surface area contributed by atoms with Crippen molar-refractivity contribution < 1.29 is 21.8 Å². The number of benzene rings is 1. The van der Waals surface area contributed by atoms with Gasteiger partial charge in [0, 0.05) is 25.7 Å². The van der Waals surface area contributed by atoms with Gasteiger partial charge in [-0.3, -0.25) is 10.1 Å². The van der Waals surface area contributed by atoms with E-state index in [1.165, 1.54) is 19.2 Å². The molecule has 146 valence electrons. The minimum Gasteiger partial charge on any atom is -0.366 e. The van der Waals surface area contributed by atoms with Crippen LogP contribution in [-0.2, 0) is 20.0 Å². The lowest BCUT2D eigenvalue weighted by atomic mass is 9.97. The molecule has 12 heteroatoms. The molecule has 0 aliphatic carbocycles. The monoisotopic (exact) mass is 406 g/mol. The molecule has 1 saturated heterocycles. The number of nitrogens with one attached hydrogen (secondary N) is 2. The van der Waals surface area contributed by atoms with E-state index in [2.05, 4.69) is 9.44 Å². The summed E-state index contributed by atoms with van der Waals surface area (Å²) in [5, 5.41) is 11.4. The highest BCUT2D eigenvalue weighted by atomic mass is 32.2. The molecule has 0 radical (unpaired) electrons. The standard InChI is InChI=1S/C14H22N4O6S2/c1-15-26(23,24)12-5-6-13(14(8-12)18(19)20)17-7-3-4-11(10-17)9-16-25(2,21)22/h5-6,8,11,15-16H,3-4,7,9-10H2,1-2H3. The Balaban J connectivity index is 2.28. The third-order valence-corrected chi connectivity index (χ3v) is 6.32. The highest BCUT2D eigenvalue weighted by molar-refractivity contribution is 7.89. The number of hydrogen-bond donors (Lipinski definition) is 2. The molecule has 1 unspecified atom stereocenters. The fourth-order valence-electron chi connectivity index (χ4n) is 2.92. The van der Waals surface area contributed by atoms with Gasteiger partial charge in [0.25, 0.3) is 5.69 Å². The van der Waals surface area contributed by atoms with Crippen molar-refractivity contribution in [3.63, 3.8) is 0 Å². The Labute approximate surface area is 152 Å². The van der Waals surface area contributed by atoms with E-state index < -0.39 is 25.0 Å². The van der Waals surface area contributed by atoms with E-state index in [9.17, 15) is 26.9 Å². The van der Waals surface area contributed by atoms with Crippen molar-refractivity contribution in [2.75, 3.05) is 37.8 Å². The number of nitro groups is 1. The van der Waals surface area contributed by atoms with Crippen LogP contribution in [0.1, 0.15) is 12.8 Å². The van der Waals surface area contributed by atoms with Gasteiger partial charge in [-0.2, -0.15) is 0 Å². The second-order valence-corrected chi connectivity index (χ2v) is 9.91. The van der Waals surface area contributed by atoms with Crippen molar-refractivity contribution in [3.05, 3.63) is 28.3 Å². The van der Waals surface area contributed by atoms with Gasteiger partial charge in [0.15, 0.2) is 0 Å². The van der Waals surface area contributed by atoms with Crippen molar-refractivity contribution in [1.29, 1.82) is 0 Å². The Hall–Kier alpha value is -1.76. The topological polar surface area (TPSA) is 139 Å². The van der Waals surface area contributed by atoms with Crippen LogP contribution in [0.25, 0.3) is 0 Å². The average molecular weight is 406 g/mol. The van der Waals surface area contributed by atoms with E-state index in [-0.39, 0.29) is 23.0 Å². The molecule has 0 aromatic heterocycles. The minimum absolute atomic E-state index is 0.0128. The molecule has 26 heavy (non-hydrogen) atoms. The first-order chi connectivity index (χ1) is 12.0. The molecule has 1 aliphatic heterocycles. The van der Waals surface area contributed by atoms with E-state index >= 15 is 0 Å². The van der Waals surface area contributed by atoms with Crippen molar-refractivity contribution >= 4 is 31.4 Å². The number of hydrogen-bond acceptors (Lipinski definition) is 7. The summed E-state index contributed by atoms with van der Waals surface area (Å²) in [7, 11) is -5.85. The van der Waals surface area contributed by atoms with Crippen molar-refractivity contribution in [1.82, 2.24) is 9.44 Å². The van der Waals surface area contributed by atoms with Crippen LogP contribution in [0.15, 0.2) is 23.1 Å². The van der Waals surface area contributed by atoms with Crippen LogP contribution >= 0.6 is 0 Å². The summed E-state index contributed by atoms with van der Waals surface area (Å²) in [5.74, 6) is 0.0128. The fraction of sp³-hybridized carbons (Fsp3) is 0.571. The lowest BCUT2D eigenvalue weighted by Crippen LogP contribution is -2.41. The molecule has 1 aliphatic rings. The number of nitro benzene ring substituents is 1. The van der Waals surface area contributed by atoms with Gasteiger partial charge in [0.1, 0.15) is 5.69 Å². The molecule has 2 N–H and O–H groups in total. The Bertz CT molecular complexity index is 885. The lowest BCUT2D eigenvalue weighted by molar-refractivity contribution is -0.384. The van der Waals surface area contributed by atoms with Gasteiger partial charge in [0.05, 0.1) is 16.1 Å². The van der Waals surface area contributed by atoms with Crippen LogP contribution in [0.4, 0.5) is 11.4 Å². The molecule has 1 heterocycles. The van der Waals surface area contributed by atoms with Gasteiger partial charge in [-0.15, -0.1) is 0 Å². The average Bonchev–Trinajstić information content (AvgIpc) is 2.59. The van der Waals surface area contributed by atoms with Gasteiger partial charge in [-0.05, 0) is 37.9 Å². The summed E-state index contributed by atoms with van der Waals surface area (Å²) < 4.78 is 50.9. The van der Waals surface area contributed by atoms with Crippen molar-refractivity contribution in [3.8, 4) is 0 Å². The fourth-order valence-corrected chi connectivity index (χ4v) is 4.21. The summed E-state index contributed by atoms with van der Waals surface area (Å²) >= 11 is 0. The van der Waals surface area contributed by atoms with Crippen LogP contribution in [0.3, 0.4) is 0 Å². The van der Waals surface area contributed by atoms with Crippen LogP contribution < -0.4 is 14.3 Å². The number of rotatable bonds is 7. The summed E-state index contributed by atoms with van der Waals surface area (Å²) in [6.45, 7) is 1.28. The number of anilines is 1. The van der Waals surface area contributed by atoms with E-state index in [1.54, 1.807) is 4.90 Å². The zero-order chi connectivity index (χ0) is 19.5. The van der Waals surface area contributed by atoms with Crippen molar-refractivity contribution in [2.45, 2.75) is 17.7 Å². The predicted octanol–water partition coefficient (Wildman–Crippen LogP) is 0.269. The van der Waals surface area contributed by atoms with Gasteiger partial charge in [-0.25, -0.2) is 26.3 Å². The van der Waals surface area contributed by atoms with Gasteiger partial charge in [-0.1, -0.05) is 0 Å². The van der Waals surface area contributed by atoms with Gasteiger partial charge in [0.2, 0.25) is 20.0 Å². The van der Waals surface area contributed by atoms with Crippen LogP contribution in [0, 0.1) is 16.0 Å². The molecule has 1 aromatic rings. The minimum atomic E-state index is -3.79. The van der Waals surface area contributed by atoms with E-state index in [0.29, 0.717) is 18.8 Å². The second kappa shape index (κ2) is 7.86. The Morgan fingerprint density at radius 2 is 2.00 bits per heavy atom. The van der Waals surface area contributed by atoms with Crippen molar-refractivity contribution in [2.24, 2.45) is 5.92 Å². The summed E-state index contributed by atoms with van der Waals surface area (Å²) in [6.07, 6.45) is 2.64. The first-order valence-electron chi connectivity index (χ1n) is 7.95. The predicted molar refractivity (Wildman–Crippen MR) is 97.1 cm³/mol. The lowest BCUT2D eigenvalue weighted by Gasteiger charge is -2.34. The Morgan fingerprint density at radius 1 is 1.31 bits per heavy atom. The van der Waals surface area contributed by atoms with Crippen LogP contribution in [0.2, 0.25) is 0 Å². The van der Waals surface area contributed by atoms with E-state index in [1.807, 2.05) is 0 Å². The molecule has 1 atom stereocenters. The molecule has 2 rings (SSSR count). The summed E-state index contributed by atoms with van der Waals surface area (Å²) in [6, 6.07) is 3.79. The normalized spacial score (nSPS) is 18.7. The molecule has 0 bridgehead atoms. The largest absolute Gasteiger partial charge is 0.366 e. The first-order valence-corrected chi connectivity index (χ1v) is 11.3. The van der Waals surface area contributed by atoms with Crippen LogP contribution in [0.5, 0.6) is 0 Å². The quantitative estimate of drug-likeness (QED) is 0.489. The Kier molecular flexibility index (Phi) is 6.21. The maximum absolute atomic E-state index is 11.9. The SMILES string of the molecule is CNS(=O)(=O)c1ccc(N2CCCC(CNS(C)(=O)=O)C2)c([N+](=O)[O-])c1. The van der Waals surface area contributed by atoms with E-state index in [0.717, 1.165) is 25.2 Å². The zero-order valence-corrected chi connectivity index (χ0v) is 16.1. The summed E-state index contributed by atoms with van der Waals surface area (Å²) in [5.41, 5.74) is 0.0344. The smallest absolute Gasteiger partial charge is 0.293 e. The Morgan fingerprint density at radius 3 is 2.58 bits per heavy atom. The van der Waals surface area contributed by atoms with Gasteiger partial charge < -0.3 is 4.90 Å². The number of nitrogens with zero attached hydrogens (tertiary/aromatic N) is 2. The summed E-state index contributed by atoms with van der Waals surface area (Å²) in [4.78, 5) is 12.5. The number of piperidine rings is 1. The highest BCUT2D eigenvalue weighted by Crippen LogP contribution is 2.33. The molecule has 0 saturated carbocycles. The molecule has 1 aromatic carbocycles. The third-order valence-electron chi connectivity index (χ3n) is 4.22. The second-order valence-electron chi connectivity index (χ2n) is 6.19. The highest BCUT2D eigenvalue weighted by Gasteiger charge is 2.27. The van der Waals surface area contributed by atoms with Crippen LogP contribution in [-0.4, -0.2) is 54.7 Å². The molecule has 1 fully saturated rings. The maximum atomic E-state index is 11.9. The third kappa shape index (κ3) is 5.13. The molecule has 10 nitrogen and oxygen atoms in total. The van der Waals surface area contributed by atoms with E-state index in [4.69, 9.17) is 0 Å². The molecular weight excluding hydrogens is 384 g/mol.